The number of carbonyl (C=O) groups is 2. The molecule has 0 spiro atoms. The van der Waals surface area contributed by atoms with Gasteiger partial charge in [-0.3, -0.25) is 4.79 Å². The highest BCUT2D eigenvalue weighted by atomic mass is 16.4. The molecule has 0 saturated heterocycles. The van der Waals surface area contributed by atoms with Crippen LogP contribution in [0.4, 0.5) is 0 Å². The standard InChI is InChI=1S/C12H13N3O4/c1-7-2-10(19-5-7)11(16)15-9(12(17)18)3-8-4-13-6-14-8/h2,4-6,9H,3H2,1H3,(H,13,14)(H,15,16)(H,17,18)/t9-/m0/s1. The second kappa shape index (κ2) is 5.38. The highest BCUT2D eigenvalue weighted by molar-refractivity contribution is 5.94. The second-order valence-corrected chi connectivity index (χ2v) is 4.13. The molecule has 2 heterocycles. The van der Waals surface area contributed by atoms with Crippen LogP contribution in [0.5, 0.6) is 0 Å². The van der Waals surface area contributed by atoms with Crippen LogP contribution < -0.4 is 5.32 Å². The second-order valence-electron chi connectivity index (χ2n) is 4.13. The van der Waals surface area contributed by atoms with Crippen molar-refractivity contribution in [2.75, 3.05) is 0 Å². The molecule has 2 aromatic heterocycles. The monoisotopic (exact) mass is 263 g/mol. The molecule has 100 valence electrons. The largest absolute Gasteiger partial charge is 0.480 e. The van der Waals surface area contributed by atoms with Gasteiger partial charge in [0, 0.05) is 18.3 Å². The molecule has 1 atom stereocenters. The number of amides is 1. The van der Waals surface area contributed by atoms with Crippen LogP contribution >= 0.6 is 0 Å². The number of aromatic nitrogens is 2. The minimum atomic E-state index is -1.12. The molecule has 3 N–H and O–H groups in total. The summed E-state index contributed by atoms with van der Waals surface area (Å²) in [4.78, 5) is 29.5. The first-order valence-electron chi connectivity index (χ1n) is 5.62. The molecule has 7 nitrogen and oxygen atoms in total. The number of H-pyrrole nitrogens is 1. The van der Waals surface area contributed by atoms with E-state index in [1.807, 2.05) is 0 Å². The smallest absolute Gasteiger partial charge is 0.326 e. The molecule has 1 amide bonds. The Morgan fingerprint density at radius 3 is 2.89 bits per heavy atom. The zero-order valence-corrected chi connectivity index (χ0v) is 10.2. The summed E-state index contributed by atoms with van der Waals surface area (Å²) in [5.41, 5.74) is 1.42. The quantitative estimate of drug-likeness (QED) is 0.737. The number of hydrogen-bond donors (Lipinski definition) is 3. The number of aryl methyl sites for hydroxylation is 1. The first-order valence-corrected chi connectivity index (χ1v) is 5.62. The number of carboxylic acids is 1. The minimum Gasteiger partial charge on any atom is -0.480 e. The van der Waals surface area contributed by atoms with Gasteiger partial charge in [-0.05, 0) is 18.6 Å². The van der Waals surface area contributed by atoms with Crippen molar-refractivity contribution in [1.82, 2.24) is 15.3 Å². The van der Waals surface area contributed by atoms with E-state index in [2.05, 4.69) is 15.3 Å². The Balaban J connectivity index is 2.04. The lowest BCUT2D eigenvalue weighted by Crippen LogP contribution is -2.42. The van der Waals surface area contributed by atoms with Gasteiger partial charge in [0.1, 0.15) is 6.04 Å². The third-order valence-corrected chi connectivity index (χ3v) is 2.54. The first-order chi connectivity index (χ1) is 9.06. The summed E-state index contributed by atoms with van der Waals surface area (Å²) in [5, 5.41) is 11.5. The Labute approximate surface area is 108 Å². The van der Waals surface area contributed by atoms with Gasteiger partial charge < -0.3 is 19.8 Å². The molecule has 0 radical (unpaired) electrons. The van der Waals surface area contributed by atoms with Gasteiger partial charge in [0.25, 0.3) is 5.91 Å². The van der Waals surface area contributed by atoms with Crippen LogP contribution in [0.2, 0.25) is 0 Å². The van der Waals surface area contributed by atoms with E-state index in [-0.39, 0.29) is 12.2 Å². The average molecular weight is 263 g/mol. The van der Waals surface area contributed by atoms with Crippen molar-refractivity contribution in [3.8, 4) is 0 Å². The Kier molecular flexibility index (Phi) is 3.65. The van der Waals surface area contributed by atoms with Crippen LogP contribution in [0.15, 0.2) is 29.3 Å². The van der Waals surface area contributed by atoms with E-state index in [0.29, 0.717) is 5.69 Å². The molecular formula is C12H13N3O4. The molecule has 0 aromatic carbocycles. The number of rotatable bonds is 5. The highest BCUT2D eigenvalue weighted by Crippen LogP contribution is 2.07. The van der Waals surface area contributed by atoms with Gasteiger partial charge in [0.15, 0.2) is 5.76 Å². The van der Waals surface area contributed by atoms with Crippen molar-refractivity contribution < 1.29 is 19.1 Å². The van der Waals surface area contributed by atoms with E-state index in [1.54, 1.807) is 13.0 Å². The summed E-state index contributed by atoms with van der Waals surface area (Å²) in [7, 11) is 0. The lowest BCUT2D eigenvalue weighted by Gasteiger charge is -2.12. The maximum atomic E-state index is 11.8. The molecule has 7 heteroatoms. The number of carbonyl (C=O) groups excluding carboxylic acids is 1. The maximum Gasteiger partial charge on any atom is 0.326 e. The van der Waals surface area contributed by atoms with Crippen molar-refractivity contribution in [1.29, 1.82) is 0 Å². The van der Waals surface area contributed by atoms with Gasteiger partial charge in [-0.25, -0.2) is 9.78 Å². The molecule has 0 aliphatic heterocycles. The van der Waals surface area contributed by atoms with Crippen molar-refractivity contribution in [2.24, 2.45) is 0 Å². The topological polar surface area (TPSA) is 108 Å². The van der Waals surface area contributed by atoms with E-state index in [4.69, 9.17) is 9.52 Å². The molecule has 0 aliphatic rings. The summed E-state index contributed by atoms with van der Waals surface area (Å²) in [6, 6.07) is 0.503. The number of nitrogens with one attached hydrogen (secondary N) is 2. The number of carboxylic acid groups (broad SMARTS) is 1. The summed E-state index contributed by atoms with van der Waals surface area (Å²) in [6.07, 6.45) is 4.52. The van der Waals surface area contributed by atoms with Gasteiger partial charge in [-0.15, -0.1) is 0 Å². The predicted octanol–water partition coefficient (Wildman–Crippen LogP) is 0.737. The van der Waals surface area contributed by atoms with Gasteiger partial charge >= 0.3 is 5.97 Å². The predicted molar refractivity (Wildman–Crippen MR) is 64.6 cm³/mol. The van der Waals surface area contributed by atoms with Gasteiger partial charge in [-0.2, -0.15) is 0 Å². The Bertz CT molecular complexity index is 574. The molecule has 0 saturated carbocycles. The number of aliphatic carboxylic acids is 1. The molecule has 0 fully saturated rings. The molecule has 0 unspecified atom stereocenters. The fraction of sp³-hybridized carbons (Fsp3) is 0.250. The molecular weight excluding hydrogens is 250 g/mol. The summed E-state index contributed by atoms with van der Waals surface area (Å²) in [6.45, 7) is 1.78. The van der Waals surface area contributed by atoms with Crippen LogP contribution in [0.25, 0.3) is 0 Å². The average Bonchev–Trinajstić information content (AvgIpc) is 2.99. The number of imidazole rings is 1. The van der Waals surface area contributed by atoms with Crippen LogP contribution in [0.3, 0.4) is 0 Å². The highest BCUT2D eigenvalue weighted by Gasteiger charge is 2.23. The van der Waals surface area contributed by atoms with Crippen LogP contribution in [0, 0.1) is 6.92 Å². The third-order valence-electron chi connectivity index (χ3n) is 2.54. The number of furan rings is 1. The van der Waals surface area contributed by atoms with E-state index < -0.39 is 17.9 Å². The maximum absolute atomic E-state index is 11.8. The summed E-state index contributed by atoms with van der Waals surface area (Å²) in [5.74, 6) is -1.58. The van der Waals surface area contributed by atoms with E-state index in [9.17, 15) is 9.59 Å². The van der Waals surface area contributed by atoms with Crippen molar-refractivity contribution in [2.45, 2.75) is 19.4 Å². The van der Waals surface area contributed by atoms with Crippen molar-refractivity contribution in [3.05, 3.63) is 41.9 Å². The summed E-state index contributed by atoms with van der Waals surface area (Å²) < 4.78 is 5.02. The van der Waals surface area contributed by atoms with E-state index in [0.717, 1.165) is 5.56 Å². The SMILES string of the molecule is Cc1coc(C(=O)N[C@@H](Cc2cnc[nH]2)C(=O)O)c1. The molecule has 0 aliphatic carbocycles. The molecule has 19 heavy (non-hydrogen) atoms. The van der Waals surface area contributed by atoms with Gasteiger partial charge in [0.2, 0.25) is 0 Å². The number of nitrogens with zero attached hydrogens (tertiary/aromatic N) is 1. The molecule has 0 bridgehead atoms. The van der Waals surface area contributed by atoms with Crippen LogP contribution in [-0.4, -0.2) is 33.0 Å². The zero-order chi connectivity index (χ0) is 13.8. The number of hydrogen-bond acceptors (Lipinski definition) is 4. The Hall–Kier alpha value is -2.57. The lowest BCUT2D eigenvalue weighted by molar-refractivity contribution is -0.139. The third kappa shape index (κ3) is 3.21. The van der Waals surface area contributed by atoms with Crippen LogP contribution in [0.1, 0.15) is 21.8 Å². The minimum absolute atomic E-state index is 0.0911. The first kappa shape index (κ1) is 12.9. The molecule has 2 rings (SSSR count). The Morgan fingerprint density at radius 1 is 1.58 bits per heavy atom. The van der Waals surface area contributed by atoms with Gasteiger partial charge in [-0.1, -0.05) is 0 Å². The lowest BCUT2D eigenvalue weighted by atomic mass is 10.1. The summed E-state index contributed by atoms with van der Waals surface area (Å²) >= 11 is 0. The van der Waals surface area contributed by atoms with E-state index in [1.165, 1.54) is 18.8 Å². The number of aromatic amines is 1. The van der Waals surface area contributed by atoms with Crippen molar-refractivity contribution in [3.63, 3.8) is 0 Å². The Morgan fingerprint density at radius 2 is 2.37 bits per heavy atom. The van der Waals surface area contributed by atoms with Crippen LogP contribution in [-0.2, 0) is 11.2 Å². The normalized spacial score (nSPS) is 12.1. The fourth-order valence-electron chi connectivity index (χ4n) is 1.60. The van der Waals surface area contributed by atoms with Crippen molar-refractivity contribution >= 4 is 11.9 Å². The fourth-order valence-corrected chi connectivity index (χ4v) is 1.60. The van der Waals surface area contributed by atoms with E-state index >= 15 is 0 Å². The zero-order valence-electron chi connectivity index (χ0n) is 10.2. The molecule has 2 aromatic rings. The van der Waals surface area contributed by atoms with Gasteiger partial charge in [0.05, 0.1) is 12.6 Å².